The summed E-state index contributed by atoms with van der Waals surface area (Å²) in [6.07, 6.45) is 2.67. The Morgan fingerprint density at radius 2 is 1.76 bits per heavy atom. The molecular formula is C23H31N5O3S2. The summed E-state index contributed by atoms with van der Waals surface area (Å²) in [5.41, 5.74) is 2.74. The van der Waals surface area contributed by atoms with Gasteiger partial charge >= 0.3 is 0 Å². The largest absolute Gasteiger partial charge is 0.344 e. The first-order valence-electron chi connectivity index (χ1n) is 10.7. The average molecular weight is 490 g/mol. The highest BCUT2D eigenvalue weighted by Gasteiger charge is 2.29. The molecule has 0 radical (unpaired) electrons. The lowest BCUT2D eigenvalue weighted by molar-refractivity contribution is -0.130. The van der Waals surface area contributed by atoms with E-state index in [9.17, 15) is 13.2 Å². The van der Waals surface area contributed by atoms with Crippen LogP contribution >= 0.6 is 11.8 Å². The summed E-state index contributed by atoms with van der Waals surface area (Å²) in [4.78, 5) is 21.4. The molecule has 0 N–H and O–H groups in total. The van der Waals surface area contributed by atoms with Gasteiger partial charge in [-0.1, -0.05) is 18.2 Å². The van der Waals surface area contributed by atoms with E-state index in [0.29, 0.717) is 35.8 Å². The topological polar surface area (TPSA) is 87.9 Å². The zero-order valence-corrected chi connectivity index (χ0v) is 21.6. The number of fused-ring (bicyclic) bond motifs is 1. The molecule has 178 valence electrons. The van der Waals surface area contributed by atoms with Gasteiger partial charge in [0.25, 0.3) is 0 Å². The highest BCUT2D eigenvalue weighted by atomic mass is 32.2. The summed E-state index contributed by atoms with van der Waals surface area (Å²) in [5, 5.41) is 4.98. The SMILES string of the molecule is CSc1nn2c(C)c(CCC(=O)N(C)CCN(C)C)c(C)nc2c1S(=O)(=O)c1ccccc1. The van der Waals surface area contributed by atoms with Gasteiger partial charge in [0.05, 0.1) is 4.90 Å². The van der Waals surface area contributed by atoms with Crippen LogP contribution in [0, 0.1) is 13.8 Å². The van der Waals surface area contributed by atoms with Crippen LogP contribution in [0.25, 0.3) is 5.65 Å². The van der Waals surface area contributed by atoms with E-state index >= 15 is 0 Å². The number of carbonyl (C=O) groups excluding carboxylic acids is 1. The van der Waals surface area contributed by atoms with E-state index < -0.39 is 9.84 Å². The number of hydrogen-bond donors (Lipinski definition) is 0. The predicted octanol–water partition coefficient (Wildman–Crippen LogP) is 2.85. The molecule has 0 spiro atoms. The van der Waals surface area contributed by atoms with E-state index in [1.807, 2.05) is 39.9 Å². The first-order chi connectivity index (χ1) is 15.6. The molecule has 2 aromatic heterocycles. The number of aromatic nitrogens is 3. The van der Waals surface area contributed by atoms with Gasteiger partial charge in [-0.2, -0.15) is 5.10 Å². The summed E-state index contributed by atoms with van der Waals surface area (Å²) in [7, 11) is 1.97. The average Bonchev–Trinajstić information content (AvgIpc) is 3.17. The van der Waals surface area contributed by atoms with Gasteiger partial charge in [-0.25, -0.2) is 17.9 Å². The van der Waals surface area contributed by atoms with Crippen molar-refractivity contribution in [1.29, 1.82) is 0 Å². The molecule has 0 saturated heterocycles. The lowest BCUT2D eigenvalue weighted by atomic mass is 10.1. The number of hydrogen-bond acceptors (Lipinski definition) is 7. The van der Waals surface area contributed by atoms with Crippen molar-refractivity contribution in [2.45, 2.75) is 41.5 Å². The number of thioether (sulfide) groups is 1. The fourth-order valence-electron chi connectivity index (χ4n) is 3.67. The second kappa shape index (κ2) is 10.2. The Morgan fingerprint density at radius 1 is 1.09 bits per heavy atom. The zero-order valence-electron chi connectivity index (χ0n) is 20.0. The lowest BCUT2D eigenvalue weighted by Crippen LogP contribution is -2.33. The second-order valence-corrected chi connectivity index (χ2v) is 11.0. The number of benzene rings is 1. The van der Waals surface area contributed by atoms with E-state index in [4.69, 9.17) is 0 Å². The van der Waals surface area contributed by atoms with E-state index in [1.54, 1.807) is 46.0 Å². The normalized spacial score (nSPS) is 12.0. The van der Waals surface area contributed by atoms with Crippen LogP contribution in [-0.4, -0.2) is 79.2 Å². The minimum absolute atomic E-state index is 0.0633. The first kappa shape index (κ1) is 25.2. The third kappa shape index (κ3) is 5.23. The number of amides is 1. The van der Waals surface area contributed by atoms with Gasteiger partial charge in [0.15, 0.2) is 10.5 Å². The number of aryl methyl sites for hydroxylation is 2. The van der Waals surface area contributed by atoms with Crippen LogP contribution in [0.15, 0.2) is 45.1 Å². The van der Waals surface area contributed by atoms with Gasteiger partial charge in [0.2, 0.25) is 15.7 Å². The van der Waals surface area contributed by atoms with E-state index in [2.05, 4.69) is 10.1 Å². The molecule has 3 aromatic rings. The number of carbonyl (C=O) groups is 1. The predicted molar refractivity (Wildman–Crippen MR) is 131 cm³/mol. The molecule has 1 aromatic carbocycles. The van der Waals surface area contributed by atoms with Crippen molar-refractivity contribution in [2.24, 2.45) is 0 Å². The molecule has 10 heteroatoms. The van der Waals surface area contributed by atoms with Gasteiger partial charge in [-0.3, -0.25) is 4.79 Å². The van der Waals surface area contributed by atoms with Crippen LogP contribution in [0.3, 0.4) is 0 Å². The van der Waals surface area contributed by atoms with Crippen molar-refractivity contribution >= 4 is 33.2 Å². The molecule has 3 rings (SSSR count). The van der Waals surface area contributed by atoms with Crippen molar-refractivity contribution in [3.05, 3.63) is 47.3 Å². The summed E-state index contributed by atoms with van der Waals surface area (Å²) < 4.78 is 28.5. The number of nitrogens with zero attached hydrogens (tertiary/aromatic N) is 5. The molecular weight excluding hydrogens is 458 g/mol. The maximum atomic E-state index is 13.4. The van der Waals surface area contributed by atoms with E-state index in [0.717, 1.165) is 17.8 Å². The van der Waals surface area contributed by atoms with Gasteiger partial charge in [0.1, 0.15) is 5.03 Å². The Balaban J connectivity index is 1.98. The first-order valence-corrected chi connectivity index (χ1v) is 13.4. The molecule has 0 bridgehead atoms. The van der Waals surface area contributed by atoms with Crippen molar-refractivity contribution in [2.75, 3.05) is 40.5 Å². The molecule has 0 aliphatic rings. The highest BCUT2D eigenvalue weighted by molar-refractivity contribution is 7.99. The Kier molecular flexibility index (Phi) is 7.81. The van der Waals surface area contributed by atoms with Crippen LogP contribution in [0.2, 0.25) is 0 Å². The fourth-order valence-corrected chi connectivity index (χ4v) is 6.08. The molecule has 0 aliphatic carbocycles. The quantitative estimate of drug-likeness (QED) is 0.427. The van der Waals surface area contributed by atoms with Gasteiger partial charge in [-0.15, -0.1) is 11.8 Å². The summed E-state index contributed by atoms with van der Waals surface area (Å²) in [6.45, 7) is 5.22. The Hall–Kier alpha value is -2.43. The number of likely N-dealkylation sites (N-methyl/N-ethyl adjacent to an activating group) is 2. The van der Waals surface area contributed by atoms with Crippen molar-refractivity contribution in [3.63, 3.8) is 0 Å². The monoisotopic (exact) mass is 489 g/mol. The van der Waals surface area contributed by atoms with E-state index in [1.165, 1.54) is 11.8 Å². The van der Waals surface area contributed by atoms with Gasteiger partial charge in [-0.05, 0) is 58.3 Å². The summed E-state index contributed by atoms with van der Waals surface area (Å²) in [6, 6.07) is 8.34. The second-order valence-electron chi connectivity index (χ2n) is 8.27. The maximum Gasteiger partial charge on any atom is 0.222 e. The summed E-state index contributed by atoms with van der Waals surface area (Å²) >= 11 is 1.28. The third-order valence-corrected chi connectivity index (χ3v) is 8.27. The fraction of sp³-hybridized carbons (Fsp3) is 0.435. The number of rotatable bonds is 9. The Bertz CT molecular complexity index is 1250. The highest BCUT2D eigenvalue weighted by Crippen LogP contribution is 2.33. The van der Waals surface area contributed by atoms with Gasteiger partial charge < -0.3 is 9.80 Å². The number of sulfone groups is 1. The Labute approximate surface area is 199 Å². The molecule has 33 heavy (non-hydrogen) atoms. The molecule has 0 atom stereocenters. The molecule has 0 saturated carbocycles. The van der Waals surface area contributed by atoms with Crippen molar-refractivity contribution < 1.29 is 13.2 Å². The van der Waals surface area contributed by atoms with Crippen LogP contribution in [0.5, 0.6) is 0 Å². The minimum atomic E-state index is -3.79. The zero-order chi connectivity index (χ0) is 24.3. The molecule has 0 aliphatic heterocycles. The molecule has 0 fully saturated rings. The summed E-state index contributed by atoms with van der Waals surface area (Å²) in [5.74, 6) is 0.0633. The van der Waals surface area contributed by atoms with Crippen molar-refractivity contribution in [1.82, 2.24) is 24.4 Å². The van der Waals surface area contributed by atoms with Crippen LogP contribution in [0.1, 0.15) is 23.4 Å². The van der Waals surface area contributed by atoms with Crippen LogP contribution in [-0.2, 0) is 21.1 Å². The maximum absolute atomic E-state index is 13.4. The molecule has 0 unspecified atom stereocenters. The Morgan fingerprint density at radius 3 is 2.36 bits per heavy atom. The standard InChI is InChI=1S/C23H31N5O3S2/c1-16-19(12-13-20(29)27(5)15-14-26(3)4)17(2)28-22(24-16)21(23(25-28)32-6)33(30,31)18-10-8-7-9-11-18/h7-11H,12-15H2,1-6H3. The van der Waals surface area contributed by atoms with E-state index in [-0.39, 0.29) is 15.7 Å². The van der Waals surface area contributed by atoms with Crippen molar-refractivity contribution in [3.8, 4) is 0 Å². The molecule has 8 nitrogen and oxygen atoms in total. The smallest absolute Gasteiger partial charge is 0.222 e. The van der Waals surface area contributed by atoms with Gasteiger partial charge in [0, 0.05) is 37.9 Å². The third-order valence-electron chi connectivity index (χ3n) is 5.67. The van der Waals surface area contributed by atoms with Crippen LogP contribution in [0.4, 0.5) is 0 Å². The van der Waals surface area contributed by atoms with Crippen LogP contribution < -0.4 is 0 Å². The molecule has 2 heterocycles. The lowest BCUT2D eigenvalue weighted by Gasteiger charge is -2.20. The minimum Gasteiger partial charge on any atom is -0.344 e. The molecule has 1 amide bonds.